The molecule has 184 valence electrons. The molecule has 1 aromatic heterocycles. The van der Waals surface area contributed by atoms with Crippen molar-refractivity contribution in [1.29, 1.82) is 0 Å². The molecule has 9 nitrogen and oxygen atoms in total. The number of aliphatic hydroxyl groups is 2. The summed E-state index contributed by atoms with van der Waals surface area (Å²) in [6.07, 6.45) is 4.15. The molecule has 1 aromatic rings. The average Bonchev–Trinajstić information content (AvgIpc) is 3.27. The highest BCUT2D eigenvalue weighted by molar-refractivity contribution is 6.07. The number of hydrogen-bond donors (Lipinski definition) is 2. The molecule has 35 heavy (non-hydrogen) atoms. The molecule has 0 bridgehead atoms. The lowest BCUT2D eigenvalue weighted by Gasteiger charge is -2.64. The second-order valence-corrected chi connectivity index (χ2v) is 11.7. The van der Waals surface area contributed by atoms with Gasteiger partial charge >= 0.3 is 11.9 Å². The standard InChI is InChI=1S/C26H26O9/c1-21(2)20(29)24(30)10-12-6-5-8-22(3)14(12)15(18(27)33-16(22)13-7-9-32-11-13)25(24,31)23(4)26(21)17(34-26)19(28)35-23/h6-7,9,11,16-17,30-31H,5,8,10H2,1-4H3/t16-,17-,22+,23+,24-,25+,26+/m0/s1. The molecule has 4 heterocycles. The monoisotopic (exact) mass is 482 g/mol. The zero-order valence-corrected chi connectivity index (χ0v) is 19.8. The number of rotatable bonds is 1. The van der Waals surface area contributed by atoms with Crippen molar-refractivity contribution in [2.24, 2.45) is 10.8 Å². The highest BCUT2D eigenvalue weighted by atomic mass is 16.7. The third-order valence-corrected chi connectivity index (χ3v) is 9.86. The van der Waals surface area contributed by atoms with Gasteiger partial charge < -0.3 is 28.8 Å². The average molecular weight is 482 g/mol. The molecular formula is C26H26O9. The van der Waals surface area contributed by atoms with Crippen LogP contribution in [0.3, 0.4) is 0 Å². The van der Waals surface area contributed by atoms with E-state index in [4.69, 9.17) is 18.6 Å². The molecule has 7 atom stereocenters. The van der Waals surface area contributed by atoms with Crippen LogP contribution in [0.2, 0.25) is 0 Å². The summed E-state index contributed by atoms with van der Waals surface area (Å²) in [7, 11) is 0. The molecule has 3 aliphatic carbocycles. The van der Waals surface area contributed by atoms with Gasteiger partial charge in [0, 0.05) is 17.4 Å². The van der Waals surface area contributed by atoms with Crippen LogP contribution < -0.4 is 0 Å². The maximum absolute atomic E-state index is 14.0. The number of fused-ring (bicyclic) bond motifs is 3. The molecule has 0 unspecified atom stereocenters. The number of hydrogen-bond acceptors (Lipinski definition) is 9. The Kier molecular flexibility index (Phi) is 3.46. The topological polar surface area (TPSA) is 136 Å². The van der Waals surface area contributed by atoms with Gasteiger partial charge in [-0.3, -0.25) is 4.79 Å². The Morgan fingerprint density at radius 2 is 1.77 bits per heavy atom. The van der Waals surface area contributed by atoms with Gasteiger partial charge in [-0.25, -0.2) is 9.59 Å². The maximum atomic E-state index is 14.0. The van der Waals surface area contributed by atoms with Crippen molar-refractivity contribution in [3.05, 3.63) is 47.0 Å². The van der Waals surface area contributed by atoms with Crippen LogP contribution in [-0.2, 0) is 28.6 Å². The SMILES string of the molecule is CC1(C)C(=O)[C@@]2(O)CC3=CCC[C@]4(C)C3=C(C(=O)O[C@H]4c3ccoc3)[C@@]2(O)[C@@]2(C)OC(=O)[C@@H]3O[C@]312. The number of ether oxygens (including phenoxy) is 3. The first-order chi connectivity index (χ1) is 16.3. The van der Waals surface area contributed by atoms with E-state index >= 15 is 0 Å². The molecular weight excluding hydrogens is 456 g/mol. The summed E-state index contributed by atoms with van der Waals surface area (Å²) in [5.41, 5.74) is -9.04. The number of carbonyl (C=O) groups is 3. The first-order valence-corrected chi connectivity index (χ1v) is 11.9. The Balaban J connectivity index is 1.56. The summed E-state index contributed by atoms with van der Waals surface area (Å²) in [6, 6.07) is 1.73. The first-order valence-electron chi connectivity index (χ1n) is 11.9. The number of ketones is 1. The number of Topliss-reactive ketones (excluding diaryl/α,β-unsaturated/α-hetero) is 1. The number of esters is 2. The van der Waals surface area contributed by atoms with Gasteiger partial charge in [0.2, 0.25) is 0 Å². The van der Waals surface area contributed by atoms with E-state index in [9.17, 15) is 24.6 Å². The Bertz CT molecular complexity index is 1320. The highest BCUT2D eigenvalue weighted by Crippen LogP contribution is 2.75. The van der Waals surface area contributed by atoms with Crippen molar-refractivity contribution in [2.45, 2.75) is 81.6 Å². The van der Waals surface area contributed by atoms with Gasteiger partial charge in [-0.05, 0) is 50.8 Å². The van der Waals surface area contributed by atoms with Crippen LogP contribution in [0.25, 0.3) is 0 Å². The lowest BCUT2D eigenvalue weighted by atomic mass is 9.42. The lowest BCUT2D eigenvalue weighted by molar-refractivity contribution is -0.279. The van der Waals surface area contributed by atoms with Crippen molar-refractivity contribution in [3.8, 4) is 0 Å². The fraction of sp³-hybridized carbons (Fsp3) is 0.577. The molecule has 0 aromatic carbocycles. The van der Waals surface area contributed by atoms with Crippen LogP contribution in [0.1, 0.15) is 58.6 Å². The predicted molar refractivity (Wildman–Crippen MR) is 115 cm³/mol. The Morgan fingerprint density at radius 3 is 2.43 bits per heavy atom. The van der Waals surface area contributed by atoms with E-state index < -0.39 is 63.2 Å². The molecule has 3 aliphatic heterocycles. The van der Waals surface area contributed by atoms with Gasteiger partial charge in [-0.15, -0.1) is 0 Å². The van der Waals surface area contributed by atoms with E-state index in [0.717, 1.165) is 0 Å². The summed E-state index contributed by atoms with van der Waals surface area (Å²) >= 11 is 0. The van der Waals surface area contributed by atoms with Crippen molar-refractivity contribution in [2.75, 3.05) is 0 Å². The Hall–Kier alpha value is -2.75. The molecule has 2 saturated heterocycles. The third-order valence-electron chi connectivity index (χ3n) is 9.86. The van der Waals surface area contributed by atoms with Crippen LogP contribution in [0.4, 0.5) is 0 Å². The summed E-state index contributed by atoms with van der Waals surface area (Å²) in [5, 5.41) is 24.8. The number of epoxide rings is 1. The molecule has 0 radical (unpaired) electrons. The van der Waals surface area contributed by atoms with E-state index in [-0.39, 0.29) is 12.0 Å². The van der Waals surface area contributed by atoms with E-state index in [1.54, 1.807) is 19.9 Å². The Labute approximate surface area is 200 Å². The van der Waals surface area contributed by atoms with Crippen molar-refractivity contribution < 1.29 is 43.2 Å². The molecule has 1 saturated carbocycles. The quantitative estimate of drug-likeness (QED) is 0.454. The lowest BCUT2D eigenvalue weighted by Crippen LogP contribution is -2.85. The van der Waals surface area contributed by atoms with Gasteiger partial charge in [0.1, 0.15) is 6.10 Å². The predicted octanol–water partition coefficient (Wildman–Crippen LogP) is 1.83. The number of furan rings is 1. The molecule has 1 spiro atoms. The van der Waals surface area contributed by atoms with E-state index in [0.29, 0.717) is 29.6 Å². The smallest absolute Gasteiger partial charge is 0.339 e. The second-order valence-electron chi connectivity index (χ2n) is 11.7. The summed E-state index contributed by atoms with van der Waals surface area (Å²) in [5.74, 6) is -2.30. The number of cyclic esters (lactones) is 1. The maximum Gasteiger partial charge on any atom is 0.339 e. The minimum atomic E-state index is -2.59. The number of carbonyl (C=O) groups excluding carboxylic acids is 3. The summed E-state index contributed by atoms with van der Waals surface area (Å²) < 4.78 is 22.8. The zero-order chi connectivity index (χ0) is 25.0. The van der Waals surface area contributed by atoms with E-state index in [1.807, 2.05) is 13.0 Å². The minimum absolute atomic E-state index is 0.223. The number of allylic oxidation sites excluding steroid dienone is 1. The van der Waals surface area contributed by atoms with Crippen molar-refractivity contribution in [1.82, 2.24) is 0 Å². The van der Waals surface area contributed by atoms with Gasteiger partial charge in [-0.1, -0.05) is 13.0 Å². The molecule has 7 rings (SSSR count). The van der Waals surface area contributed by atoms with Gasteiger partial charge in [0.15, 0.2) is 34.3 Å². The summed E-state index contributed by atoms with van der Waals surface area (Å²) in [6.45, 7) is 6.57. The van der Waals surface area contributed by atoms with Gasteiger partial charge in [0.05, 0.1) is 23.5 Å². The van der Waals surface area contributed by atoms with Gasteiger partial charge in [-0.2, -0.15) is 0 Å². The van der Waals surface area contributed by atoms with Crippen LogP contribution in [0.15, 0.2) is 45.8 Å². The summed E-state index contributed by atoms with van der Waals surface area (Å²) in [4.78, 5) is 40.6. The van der Waals surface area contributed by atoms with Crippen LogP contribution in [-0.4, -0.2) is 56.4 Å². The zero-order valence-electron chi connectivity index (χ0n) is 19.8. The fourth-order valence-electron chi connectivity index (χ4n) is 8.24. The van der Waals surface area contributed by atoms with Gasteiger partial charge in [0.25, 0.3) is 0 Å². The highest BCUT2D eigenvalue weighted by Gasteiger charge is 2.96. The first kappa shape index (κ1) is 21.5. The van der Waals surface area contributed by atoms with Crippen LogP contribution in [0.5, 0.6) is 0 Å². The molecule has 2 N–H and O–H groups in total. The fourth-order valence-corrected chi connectivity index (χ4v) is 8.24. The van der Waals surface area contributed by atoms with E-state index in [2.05, 4.69) is 0 Å². The van der Waals surface area contributed by atoms with Crippen molar-refractivity contribution >= 4 is 17.7 Å². The molecule has 0 amide bonds. The third kappa shape index (κ3) is 1.85. The molecule has 9 heteroatoms. The van der Waals surface area contributed by atoms with Crippen molar-refractivity contribution in [3.63, 3.8) is 0 Å². The molecule has 3 fully saturated rings. The Morgan fingerprint density at radius 1 is 1.03 bits per heavy atom. The normalized spacial score (nSPS) is 48.7. The van der Waals surface area contributed by atoms with Crippen LogP contribution >= 0.6 is 0 Å². The van der Waals surface area contributed by atoms with E-state index in [1.165, 1.54) is 19.5 Å². The minimum Gasteiger partial charge on any atom is -0.472 e. The molecule has 6 aliphatic rings. The van der Waals surface area contributed by atoms with Crippen LogP contribution in [0, 0.1) is 10.8 Å². The second kappa shape index (κ2) is 5.63. The largest absolute Gasteiger partial charge is 0.472 e.